The summed E-state index contributed by atoms with van der Waals surface area (Å²) in [6, 6.07) is 5.77. The molecule has 0 aromatic heterocycles. The number of nitrogens with one attached hydrogen (secondary N) is 1. The number of piperazine rings is 1. The van der Waals surface area contributed by atoms with Gasteiger partial charge in [-0.2, -0.15) is 0 Å². The zero-order valence-electron chi connectivity index (χ0n) is 11.9. The number of carbonyl (C=O) groups is 1. The molecule has 1 amide bonds. The Hall–Kier alpha value is -1.46. The predicted molar refractivity (Wildman–Crippen MR) is 77.3 cm³/mol. The van der Waals surface area contributed by atoms with Crippen molar-refractivity contribution in [2.45, 2.75) is 6.42 Å². The van der Waals surface area contributed by atoms with Crippen LogP contribution < -0.4 is 5.32 Å². The van der Waals surface area contributed by atoms with E-state index in [1.165, 1.54) is 12.1 Å². The van der Waals surface area contributed by atoms with Gasteiger partial charge in [0.1, 0.15) is 5.82 Å². The van der Waals surface area contributed by atoms with Crippen molar-refractivity contribution in [3.63, 3.8) is 0 Å². The SMILES string of the molecule is CN1CCN(CCCNC(=O)c2cccc(F)c2)CC1. The minimum Gasteiger partial charge on any atom is -0.352 e. The summed E-state index contributed by atoms with van der Waals surface area (Å²) in [6.45, 7) is 6.02. The Bertz CT molecular complexity index is 444. The van der Waals surface area contributed by atoms with E-state index in [9.17, 15) is 9.18 Å². The molecule has 110 valence electrons. The molecule has 5 heteroatoms. The second-order valence-electron chi connectivity index (χ2n) is 5.26. The van der Waals surface area contributed by atoms with Gasteiger partial charge in [0, 0.05) is 38.3 Å². The van der Waals surface area contributed by atoms with Crippen molar-refractivity contribution in [2.24, 2.45) is 0 Å². The van der Waals surface area contributed by atoms with Crippen molar-refractivity contribution in [1.29, 1.82) is 0 Å². The summed E-state index contributed by atoms with van der Waals surface area (Å²) in [7, 11) is 2.14. The highest BCUT2D eigenvalue weighted by molar-refractivity contribution is 5.94. The Morgan fingerprint density at radius 3 is 2.75 bits per heavy atom. The molecule has 0 saturated carbocycles. The van der Waals surface area contributed by atoms with Crippen LogP contribution in [0.2, 0.25) is 0 Å². The van der Waals surface area contributed by atoms with Crippen LogP contribution in [0.25, 0.3) is 0 Å². The first-order chi connectivity index (χ1) is 9.65. The second kappa shape index (κ2) is 7.36. The number of amides is 1. The molecule has 1 heterocycles. The van der Waals surface area contributed by atoms with Crippen LogP contribution in [0.4, 0.5) is 4.39 Å². The Balaban J connectivity index is 1.64. The third-order valence-electron chi connectivity index (χ3n) is 3.62. The second-order valence-corrected chi connectivity index (χ2v) is 5.26. The normalized spacial score (nSPS) is 17.1. The molecule has 1 N–H and O–H groups in total. The highest BCUT2D eigenvalue weighted by Crippen LogP contribution is 2.03. The molecule has 2 rings (SSSR count). The molecule has 4 nitrogen and oxygen atoms in total. The van der Waals surface area contributed by atoms with E-state index in [2.05, 4.69) is 22.2 Å². The molecular weight excluding hydrogens is 257 g/mol. The minimum absolute atomic E-state index is 0.206. The smallest absolute Gasteiger partial charge is 0.251 e. The molecule has 1 aliphatic heterocycles. The predicted octanol–water partition coefficient (Wildman–Crippen LogP) is 1.19. The van der Waals surface area contributed by atoms with Gasteiger partial charge < -0.3 is 15.1 Å². The first kappa shape index (κ1) is 14.9. The van der Waals surface area contributed by atoms with Crippen LogP contribution in [0.1, 0.15) is 16.8 Å². The van der Waals surface area contributed by atoms with Gasteiger partial charge in [-0.05, 0) is 38.2 Å². The first-order valence-electron chi connectivity index (χ1n) is 7.10. The number of halogens is 1. The number of nitrogens with zero attached hydrogens (tertiary/aromatic N) is 2. The molecule has 0 bridgehead atoms. The van der Waals surface area contributed by atoms with Crippen LogP contribution in [0, 0.1) is 5.82 Å². The van der Waals surface area contributed by atoms with E-state index in [4.69, 9.17) is 0 Å². The number of rotatable bonds is 5. The van der Waals surface area contributed by atoms with Crippen molar-refractivity contribution in [2.75, 3.05) is 46.3 Å². The Labute approximate surface area is 119 Å². The molecule has 1 saturated heterocycles. The zero-order valence-corrected chi connectivity index (χ0v) is 11.9. The van der Waals surface area contributed by atoms with Gasteiger partial charge in [0.05, 0.1) is 0 Å². The molecule has 1 aromatic rings. The molecule has 1 aliphatic rings. The van der Waals surface area contributed by atoms with Crippen molar-refractivity contribution >= 4 is 5.91 Å². The Morgan fingerprint density at radius 2 is 2.05 bits per heavy atom. The van der Waals surface area contributed by atoms with Gasteiger partial charge in [-0.15, -0.1) is 0 Å². The van der Waals surface area contributed by atoms with E-state index < -0.39 is 0 Å². The van der Waals surface area contributed by atoms with Crippen molar-refractivity contribution in [3.05, 3.63) is 35.6 Å². The van der Waals surface area contributed by atoms with Gasteiger partial charge in [0.2, 0.25) is 0 Å². The third-order valence-corrected chi connectivity index (χ3v) is 3.62. The highest BCUT2D eigenvalue weighted by atomic mass is 19.1. The lowest BCUT2D eigenvalue weighted by Crippen LogP contribution is -2.45. The fraction of sp³-hybridized carbons (Fsp3) is 0.533. The van der Waals surface area contributed by atoms with E-state index >= 15 is 0 Å². The molecule has 0 unspecified atom stereocenters. The van der Waals surface area contributed by atoms with E-state index in [0.29, 0.717) is 12.1 Å². The number of hydrogen-bond acceptors (Lipinski definition) is 3. The van der Waals surface area contributed by atoms with Crippen LogP contribution in [0.15, 0.2) is 24.3 Å². The van der Waals surface area contributed by atoms with Gasteiger partial charge in [-0.1, -0.05) is 6.07 Å². The Kier molecular flexibility index (Phi) is 5.49. The number of benzene rings is 1. The first-order valence-corrected chi connectivity index (χ1v) is 7.10. The van der Waals surface area contributed by atoms with Gasteiger partial charge in [0.25, 0.3) is 5.91 Å². The lowest BCUT2D eigenvalue weighted by molar-refractivity contribution is 0.0949. The standard InChI is InChI=1S/C15H22FN3O/c1-18-8-10-19(11-9-18)7-3-6-17-15(20)13-4-2-5-14(16)12-13/h2,4-5,12H,3,6-11H2,1H3,(H,17,20). The molecule has 0 atom stereocenters. The maximum Gasteiger partial charge on any atom is 0.251 e. The van der Waals surface area contributed by atoms with Crippen molar-refractivity contribution < 1.29 is 9.18 Å². The van der Waals surface area contributed by atoms with Crippen molar-refractivity contribution in [1.82, 2.24) is 15.1 Å². The van der Waals surface area contributed by atoms with Crippen LogP contribution in [-0.2, 0) is 0 Å². The molecule has 1 aromatic carbocycles. The largest absolute Gasteiger partial charge is 0.352 e. The lowest BCUT2D eigenvalue weighted by atomic mass is 10.2. The van der Waals surface area contributed by atoms with E-state index in [0.717, 1.165) is 39.1 Å². The third kappa shape index (κ3) is 4.58. The summed E-state index contributed by atoms with van der Waals surface area (Å²) in [5, 5.41) is 2.83. The molecule has 1 fully saturated rings. The van der Waals surface area contributed by atoms with Gasteiger partial charge in [0.15, 0.2) is 0 Å². The molecule has 0 radical (unpaired) electrons. The maximum absolute atomic E-state index is 13.0. The summed E-state index contributed by atoms with van der Waals surface area (Å²) < 4.78 is 13.0. The van der Waals surface area contributed by atoms with Crippen LogP contribution in [-0.4, -0.2) is 62.0 Å². The van der Waals surface area contributed by atoms with Gasteiger partial charge in [-0.3, -0.25) is 4.79 Å². The Morgan fingerprint density at radius 1 is 1.30 bits per heavy atom. The van der Waals surface area contributed by atoms with Crippen molar-refractivity contribution in [3.8, 4) is 0 Å². The summed E-state index contributed by atoms with van der Waals surface area (Å²) in [5.41, 5.74) is 0.379. The van der Waals surface area contributed by atoms with E-state index in [1.807, 2.05) is 0 Å². The number of likely N-dealkylation sites (N-methyl/N-ethyl adjacent to an activating group) is 1. The van der Waals surface area contributed by atoms with Gasteiger partial charge >= 0.3 is 0 Å². The van der Waals surface area contributed by atoms with E-state index in [-0.39, 0.29) is 11.7 Å². The van der Waals surface area contributed by atoms with Crippen LogP contribution in [0.3, 0.4) is 0 Å². The van der Waals surface area contributed by atoms with Crippen LogP contribution >= 0.6 is 0 Å². The molecule has 20 heavy (non-hydrogen) atoms. The maximum atomic E-state index is 13.0. The summed E-state index contributed by atoms with van der Waals surface area (Å²) in [5.74, 6) is -0.585. The summed E-state index contributed by atoms with van der Waals surface area (Å²) in [6.07, 6.45) is 0.921. The van der Waals surface area contributed by atoms with Crippen LogP contribution in [0.5, 0.6) is 0 Å². The lowest BCUT2D eigenvalue weighted by Gasteiger charge is -2.32. The summed E-state index contributed by atoms with van der Waals surface area (Å²) in [4.78, 5) is 16.5. The quantitative estimate of drug-likeness (QED) is 0.823. The highest BCUT2D eigenvalue weighted by Gasteiger charge is 2.13. The zero-order chi connectivity index (χ0) is 14.4. The average Bonchev–Trinajstić information content (AvgIpc) is 2.45. The molecule has 0 aliphatic carbocycles. The van der Waals surface area contributed by atoms with E-state index in [1.54, 1.807) is 12.1 Å². The molecule has 0 spiro atoms. The van der Waals surface area contributed by atoms with Gasteiger partial charge in [-0.25, -0.2) is 4.39 Å². The number of hydrogen-bond donors (Lipinski definition) is 1. The average molecular weight is 279 g/mol. The number of carbonyl (C=O) groups excluding carboxylic acids is 1. The minimum atomic E-state index is -0.380. The topological polar surface area (TPSA) is 35.6 Å². The monoisotopic (exact) mass is 279 g/mol. The molecular formula is C15H22FN3O. The summed E-state index contributed by atoms with van der Waals surface area (Å²) >= 11 is 0. The fourth-order valence-corrected chi connectivity index (χ4v) is 2.31. The fourth-order valence-electron chi connectivity index (χ4n) is 2.31.